The van der Waals surface area contributed by atoms with E-state index in [1.54, 1.807) is 0 Å². The Morgan fingerprint density at radius 1 is 1.06 bits per heavy atom. The van der Waals surface area contributed by atoms with Crippen LogP contribution in [0.5, 0.6) is 0 Å². The zero-order chi connectivity index (χ0) is 11.9. The predicted molar refractivity (Wildman–Crippen MR) is 69.8 cm³/mol. The van der Waals surface area contributed by atoms with Crippen LogP contribution < -0.4 is 5.32 Å². The van der Waals surface area contributed by atoms with Gasteiger partial charge in [-0.1, -0.05) is 25.7 Å². The van der Waals surface area contributed by atoms with Crippen LogP contribution in [0.25, 0.3) is 0 Å². The Balaban J connectivity index is 1.97. The first-order valence-corrected chi connectivity index (χ1v) is 6.94. The van der Waals surface area contributed by atoms with Gasteiger partial charge in [0.05, 0.1) is 6.10 Å². The monoisotopic (exact) mass is 227 g/mol. The van der Waals surface area contributed by atoms with Crippen LogP contribution >= 0.6 is 0 Å². The fourth-order valence-electron chi connectivity index (χ4n) is 2.19. The minimum absolute atomic E-state index is 0.238. The molecule has 0 saturated heterocycles. The second-order valence-corrected chi connectivity index (χ2v) is 6.01. The summed E-state index contributed by atoms with van der Waals surface area (Å²) in [6.07, 6.45) is 9.80. The molecule has 1 aliphatic carbocycles. The van der Waals surface area contributed by atoms with Crippen molar-refractivity contribution in [2.24, 2.45) is 0 Å². The van der Waals surface area contributed by atoms with Crippen LogP contribution in [-0.4, -0.2) is 24.8 Å². The molecule has 2 nitrogen and oxygen atoms in total. The lowest BCUT2D eigenvalue weighted by Crippen LogP contribution is -2.36. The van der Waals surface area contributed by atoms with Crippen LogP contribution in [0, 0.1) is 0 Å². The van der Waals surface area contributed by atoms with Crippen molar-refractivity contribution in [1.82, 2.24) is 5.32 Å². The van der Waals surface area contributed by atoms with Gasteiger partial charge in [-0.25, -0.2) is 0 Å². The zero-order valence-corrected chi connectivity index (χ0v) is 11.3. The first-order valence-electron chi connectivity index (χ1n) is 6.94. The molecule has 1 saturated carbocycles. The summed E-state index contributed by atoms with van der Waals surface area (Å²) >= 11 is 0. The molecule has 0 aromatic rings. The summed E-state index contributed by atoms with van der Waals surface area (Å²) in [4.78, 5) is 0. The third kappa shape index (κ3) is 7.24. The minimum atomic E-state index is 0.238. The van der Waals surface area contributed by atoms with Crippen molar-refractivity contribution in [2.45, 2.75) is 77.4 Å². The molecule has 16 heavy (non-hydrogen) atoms. The maximum absolute atomic E-state index is 5.94. The topological polar surface area (TPSA) is 21.3 Å². The lowest BCUT2D eigenvalue weighted by Gasteiger charge is -2.21. The standard InChI is InChI=1S/C14H29NO/c1-14(2,3)15-11-8-12-16-13-9-6-4-5-7-10-13/h13,15H,4-12H2,1-3H3. The molecule has 0 amide bonds. The summed E-state index contributed by atoms with van der Waals surface area (Å²) in [5.74, 6) is 0. The highest BCUT2D eigenvalue weighted by atomic mass is 16.5. The second-order valence-electron chi connectivity index (χ2n) is 6.01. The molecule has 0 atom stereocenters. The molecule has 0 spiro atoms. The normalized spacial score (nSPS) is 19.7. The molecular weight excluding hydrogens is 198 g/mol. The van der Waals surface area contributed by atoms with E-state index in [0.717, 1.165) is 19.6 Å². The lowest BCUT2D eigenvalue weighted by molar-refractivity contribution is 0.0413. The fourth-order valence-corrected chi connectivity index (χ4v) is 2.19. The van der Waals surface area contributed by atoms with E-state index in [1.807, 2.05) is 0 Å². The van der Waals surface area contributed by atoms with Crippen molar-refractivity contribution in [1.29, 1.82) is 0 Å². The summed E-state index contributed by atoms with van der Waals surface area (Å²) in [6.45, 7) is 8.61. The Morgan fingerprint density at radius 2 is 1.69 bits per heavy atom. The van der Waals surface area contributed by atoms with E-state index < -0.39 is 0 Å². The number of hydrogen-bond acceptors (Lipinski definition) is 2. The van der Waals surface area contributed by atoms with Crippen LogP contribution in [0.15, 0.2) is 0 Å². The maximum atomic E-state index is 5.94. The van der Waals surface area contributed by atoms with Gasteiger partial charge in [0.15, 0.2) is 0 Å². The Labute approximate surface area is 101 Å². The predicted octanol–water partition coefficient (Wildman–Crippen LogP) is 3.50. The van der Waals surface area contributed by atoms with Crippen molar-refractivity contribution >= 4 is 0 Å². The summed E-state index contributed by atoms with van der Waals surface area (Å²) in [7, 11) is 0. The van der Waals surface area contributed by atoms with E-state index in [-0.39, 0.29) is 5.54 Å². The van der Waals surface area contributed by atoms with Crippen molar-refractivity contribution in [3.63, 3.8) is 0 Å². The van der Waals surface area contributed by atoms with Crippen molar-refractivity contribution in [3.05, 3.63) is 0 Å². The van der Waals surface area contributed by atoms with Crippen molar-refractivity contribution in [3.8, 4) is 0 Å². The largest absolute Gasteiger partial charge is 0.378 e. The summed E-state index contributed by atoms with van der Waals surface area (Å²) in [5, 5.41) is 3.49. The van der Waals surface area contributed by atoms with Gasteiger partial charge in [-0.15, -0.1) is 0 Å². The van der Waals surface area contributed by atoms with E-state index in [4.69, 9.17) is 4.74 Å². The van der Waals surface area contributed by atoms with E-state index >= 15 is 0 Å². The van der Waals surface area contributed by atoms with Gasteiger partial charge in [0.1, 0.15) is 0 Å². The molecule has 0 aromatic carbocycles. The van der Waals surface area contributed by atoms with Crippen LogP contribution in [0.2, 0.25) is 0 Å². The molecule has 1 rings (SSSR count). The molecule has 1 fully saturated rings. The first-order chi connectivity index (χ1) is 7.58. The third-order valence-electron chi connectivity index (χ3n) is 3.13. The van der Waals surface area contributed by atoms with Gasteiger partial charge in [0.2, 0.25) is 0 Å². The molecule has 0 unspecified atom stereocenters. The van der Waals surface area contributed by atoms with Crippen molar-refractivity contribution in [2.75, 3.05) is 13.2 Å². The zero-order valence-electron chi connectivity index (χ0n) is 11.3. The van der Waals surface area contributed by atoms with Gasteiger partial charge in [0.25, 0.3) is 0 Å². The van der Waals surface area contributed by atoms with Gasteiger partial charge in [-0.05, 0) is 46.6 Å². The molecule has 2 heteroatoms. The molecule has 1 N–H and O–H groups in total. The Kier molecular flexibility index (Phi) is 6.37. The first kappa shape index (κ1) is 14.0. The molecule has 0 aromatic heterocycles. The Morgan fingerprint density at radius 3 is 2.25 bits per heavy atom. The molecule has 0 radical (unpaired) electrons. The molecule has 0 aliphatic heterocycles. The number of rotatable bonds is 5. The van der Waals surface area contributed by atoms with Crippen LogP contribution in [0.3, 0.4) is 0 Å². The highest BCUT2D eigenvalue weighted by Gasteiger charge is 2.12. The quantitative estimate of drug-likeness (QED) is 0.573. The maximum Gasteiger partial charge on any atom is 0.0575 e. The number of ether oxygens (including phenoxy) is 1. The fraction of sp³-hybridized carbons (Fsp3) is 1.00. The minimum Gasteiger partial charge on any atom is -0.378 e. The molecule has 0 bridgehead atoms. The highest BCUT2D eigenvalue weighted by molar-refractivity contribution is 4.70. The second kappa shape index (κ2) is 7.29. The van der Waals surface area contributed by atoms with Gasteiger partial charge in [-0.2, -0.15) is 0 Å². The molecule has 1 aliphatic rings. The number of nitrogens with one attached hydrogen (secondary N) is 1. The average Bonchev–Trinajstić information content (AvgIpc) is 2.44. The van der Waals surface area contributed by atoms with Gasteiger partial charge in [-0.3, -0.25) is 0 Å². The molecule has 96 valence electrons. The molecule has 0 heterocycles. The van der Waals surface area contributed by atoms with Crippen molar-refractivity contribution < 1.29 is 4.74 Å². The SMILES string of the molecule is CC(C)(C)NCCCOC1CCCCCC1. The average molecular weight is 227 g/mol. The Bertz CT molecular complexity index is 166. The van der Waals surface area contributed by atoms with Crippen LogP contribution in [-0.2, 0) is 4.74 Å². The number of hydrogen-bond donors (Lipinski definition) is 1. The van der Waals surface area contributed by atoms with Crippen LogP contribution in [0.4, 0.5) is 0 Å². The van der Waals surface area contributed by atoms with Crippen LogP contribution in [0.1, 0.15) is 65.7 Å². The molecular formula is C14H29NO. The lowest BCUT2D eigenvalue weighted by atomic mass is 10.1. The van der Waals surface area contributed by atoms with Gasteiger partial charge in [0, 0.05) is 12.1 Å². The van der Waals surface area contributed by atoms with E-state index in [1.165, 1.54) is 38.5 Å². The highest BCUT2D eigenvalue weighted by Crippen LogP contribution is 2.19. The van der Waals surface area contributed by atoms with Gasteiger partial charge < -0.3 is 10.1 Å². The summed E-state index contributed by atoms with van der Waals surface area (Å²) in [6, 6.07) is 0. The summed E-state index contributed by atoms with van der Waals surface area (Å²) in [5.41, 5.74) is 0.238. The van der Waals surface area contributed by atoms with E-state index in [2.05, 4.69) is 26.1 Å². The Hall–Kier alpha value is -0.0800. The summed E-state index contributed by atoms with van der Waals surface area (Å²) < 4.78 is 5.94. The smallest absolute Gasteiger partial charge is 0.0575 e. The van der Waals surface area contributed by atoms with Gasteiger partial charge >= 0.3 is 0 Å². The van der Waals surface area contributed by atoms with E-state index in [9.17, 15) is 0 Å². The van der Waals surface area contributed by atoms with E-state index in [0.29, 0.717) is 6.10 Å². The third-order valence-corrected chi connectivity index (χ3v) is 3.13.